The second kappa shape index (κ2) is 8.17. The highest BCUT2D eigenvalue weighted by molar-refractivity contribution is 7.12. The van der Waals surface area contributed by atoms with E-state index >= 15 is 0 Å². The van der Waals surface area contributed by atoms with Gasteiger partial charge < -0.3 is 10.4 Å². The molecule has 2 rings (SSSR count). The Bertz CT molecular complexity index is 681. The predicted molar refractivity (Wildman–Crippen MR) is 91.5 cm³/mol. The van der Waals surface area contributed by atoms with Crippen LogP contribution < -0.4 is 5.32 Å². The van der Waals surface area contributed by atoms with Crippen LogP contribution in [0, 0.1) is 5.82 Å². The number of aliphatic hydroxyl groups is 1. The van der Waals surface area contributed by atoms with Gasteiger partial charge in [-0.1, -0.05) is 18.2 Å². The SMILES string of the molecule is CC(O)(CNC(=O)CCCC(=O)c1cccs1)c1ccc(F)cc1. The summed E-state index contributed by atoms with van der Waals surface area (Å²) >= 11 is 1.39. The summed E-state index contributed by atoms with van der Waals surface area (Å²) in [5.74, 6) is -0.568. The fourth-order valence-corrected chi connectivity index (χ4v) is 2.93. The van der Waals surface area contributed by atoms with E-state index in [1.165, 1.54) is 35.6 Å². The molecule has 6 heteroatoms. The molecule has 1 heterocycles. The molecule has 0 spiro atoms. The predicted octanol–water partition coefficient (Wildman–Crippen LogP) is 3.26. The number of Topliss-reactive ketones (excluding diaryl/α,β-unsaturated/α-hetero) is 1. The van der Waals surface area contributed by atoms with Crippen LogP contribution >= 0.6 is 11.3 Å². The Morgan fingerprint density at radius 1 is 1.21 bits per heavy atom. The molecule has 0 fully saturated rings. The molecule has 4 nitrogen and oxygen atoms in total. The lowest BCUT2D eigenvalue weighted by atomic mass is 9.96. The Hall–Kier alpha value is -2.05. The monoisotopic (exact) mass is 349 g/mol. The van der Waals surface area contributed by atoms with Gasteiger partial charge in [-0.25, -0.2) is 4.39 Å². The maximum Gasteiger partial charge on any atom is 0.220 e. The second-order valence-electron chi connectivity index (χ2n) is 5.81. The van der Waals surface area contributed by atoms with E-state index in [1.807, 2.05) is 11.4 Å². The Balaban J connectivity index is 1.74. The lowest BCUT2D eigenvalue weighted by Crippen LogP contribution is -2.38. The van der Waals surface area contributed by atoms with Gasteiger partial charge in [0.05, 0.1) is 11.4 Å². The summed E-state index contributed by atoms with van der Waals surface area (Å²) in [7, 11) is 0. The van der Waals surface area contributed by atoms with Gasteiger partial charge in [-0.15, -0.1) is 11.3 Å². The van der Waals surface area contributed by atoms with Gasteiger partial charge in [0.2, 0.25) is 5.91 Å². The Kier molecular flexibility index (Phi) is 6.23. The van der Waals surface area contributed by atoms with Crippen molar-refractivity contribution >= 4 is 23.0 Å². The van der Waals surface area contributed by atoms with Crippen LogP contribution in [0.1, 0.15) is 41.4 Å². The second-order valence-corrected chi connectivity index (χ2v) is 6.76. The summed E-state index contributed by atoms with van der Waals surface area (Å²) in [4.78, 5) is 24.4. The van der Waals surface area contributed by atoms with Crippen LogP contribution in [0.25, 0.3) is 0 Å². The Labute approximate surface area is 144 Å². The van der Waals surface area contributed by atoms with Crippen molar-refractivity contribution in [1.29, 1.82) is 0 Å². The quantitative estimate of drug-likeness (QED) is 0.719. The topological polar surface area (TPSA) is 66.4 Å². The van der Waals surface area contributed by atoms with Gasteiger partial charge in [0.1, 0.15) is 11.4 Å². The molecule has 1 atom stereocenters. The molecule has 2 aromatic rings. The van der Waals surface area contributed by atoms with Crippen LogP contribution in [0.15, 0.2) is 41.8 Å². The van der Waals surface area contributed by atoms with E-state index in [9.17, 15) is 19.1 Å². The summed E-state index contributed by atoms with van der Waals surface area (Å²) in [6, 6.07) is 9.10. The molecule has 1 aromatic carbocycles. The summed E-state index contributed by atoms with van der Waals surface area (Å²) in [6.07, 6.45) is 1.00. The van der Waals surface area contributed by atoms with E-state index in [0.717, 1.165) is 0 Å². The lowest BCUT2D eigenvalue weighted by Gasteiger charge is -2.24. The summed E-state index contributed by atoms with van der Waals surface area (Å²) in [5, 5.41) is 14.9. The maximum absolute atomic E-state index is 12.9. The summed E-state index contributed by atoms with van der Waals surface area (Å²) in [6.45, 7) is 1.58. The molecule has 1 amide bonds. The van der Waals surface area contributed by atoms with E-state index in [-0.39, 0.29) is 30.5 Å². The third-order valence-electron chi connectivity index (χ3n) is 3.70. The van der Waals surface area contributed by atoms with Crippen LogP contribution in [0.3, 0.4) is 0 Å². The van der Waals surface area contributed by atoms with Crippen molar-refractivity contribution in [1.82, 2.24) is 5.32 Å². The standard InChI is InChI=1S/C18H20FNO3S/c1-18(23,13-7-9-14(19)10-8-13)12-20-17(22)6-2-4-15(21)16-5-3-11-24-16/h3,5,7-11,23H,2,4,6,12H2,1H3,(H,20,22). The van der Waals surface area contributed by atoms with Crippen LogP contribution in [-0.2, 0) is 10.4 Å². The normalized spacial score (nSPS) is 13.3. The van der Waals surface area contributed by atoms with Gasteiger partial charge in [-0.05, 0) is 42.5 Å². The molecule has 24 heavy (non-hydrogen) atoms. The maximum atomic E-state index is 12.9. The number of nitrogens with one attached hydrogen (secondary N) is 1. The first-order valence-electron chi connectivity index (χ1n) is 7.70. The first-order valence-corrected chi connectivity index (χ1v) is 8.58. The van der Waals surface area contributed by atoms with Crippen LogP contribution in [0.2, 0.25) is 0 Å². The number of hydrogen-bond donors (Lipinski definition) is 2. The minimum absolute atomic E-state index is 0.0241. The zero-order valence-corrected chi connectivity index (χ0v) is 14.2. The van der Waals surface area contributed by atoms with Crippen molar-refractivity contribution in [2.24, 2.45) is 0 Å². The van der Waals surface area contributed by atoms with Gasteiger partial charge >= 0.3 is 0 Å². The van der Waals surface area contributed by atoms with E-state index in [0.29, 0.717) is 23.3 Å². The van der Waals surface area contributed by atoms with Crippen molar-refractivity contribution in [3.05, 3.63) is 58.0 Å². The number of benzene rings is 1. The molecule has 0 bridgehead atoms. The Morgan fingerprint density at radius 3 is 2.54 bits per heavy atom. The fourth-order valence-electron chi connectivity index (χ4n) is 2.24. The molecule has 0 aliphatic carbocycles. The van der Waals surface area contributed by atoms with E-state index in [4.69, 9.17) is 0 Å². The fraction of sp³-hybridized carbons (Fsp3) is 0.333. The zero-order valence-electron chi connectivity index (χ0n) is 13.4. The number of amides is 1. The zero-order chi connectivity index (χ0) is 17.6. The van der Waals surface area contributed by atoms with E-state index in [1.54, 1.807) is 13.0 Å². The minimum Gasteiger partial charge on any atom is -0.384 e. The largest absolute Gasteiger partial charge is 0.384 e. The molecule has 1 unspecified atom stereocenters. The highest BCUT2D eigenvalue weighted by Gasteiger charge is 2.23. The molecule has 0 saturated heterocycles. The van der Waals surface area contributed by atoms with Gasteiger partial charge in [-0.2, -0.15) is 0 Å². The number of hydrogen-bond acceptors (Lipinski definition) is 4. The lowest BCUT2D eigenvalue weighted by molar-refractivity contribution is -0.122. The highest BCUT2D eigenvalue weighted by atomic mass is 32.1. The smallest absolute Gasteiger partial charge is 0.220 e. The number of rotatable bonds is 8. The first-order chi connectivity index (χ1) is 11.4. The number of carbonyl (C=O) groups is 2. The van der Waals surface area contributed by atoms with Gasteiger partial charge in [-0.3, -0.25) is 9.59 Å². The first kappa shape index (κ1) is 18.3. The molecule has 0 aliphatic rings. The molecular weight excluding hydrogens is 329 g/mol. The summed E-state index contributed by atoms with van der Waals surface area (Å²) in [5.41, 5.74) is -0.757. The van der Waals surface area contributed by atoms with Gasteiger partial charge in [0.25, 0.3) is 0 Å². The van der Waals surface area contributed by atoms with Crippen LogP contribution in [0.5, 0.6) is 0 Å². The number of halogens is 1. The molecule has 1 aromatic heterocycles. The average Bonchev–Trinajstić information content (AvgIpc) is 3.08. The molecule has 0 aliphatic heterocycles. The Morgan fingerprint density at radius 2 is 1.92 bits per heavy atom. The third-order valence-corrected chi connectivity index (χ3v) is 4.61. The van der Waals surface area contributed by atoms with Crippen LogP contribution in [0.4, 0.5) is 4.39 Å². The van der Waals surface area contributed by atoms with Gasteiger partial charge in [0.15, 0.2) is 5.78 Å². The summed E-state index contributed by atoms with van der Waals surface area (Å²) < 4.78 is 12.9. The highest BCUT2D eigenvalue weighted by Crippen LogP contribution is 2.20. The van der Waals surface area contributed by atoms with Crippen molar-refractivity contribution in [3.63, 3.8) is 0 Å². The number of carbonyl (C=O) groups excluding carboxylic acids is 2. The molecule has 0 saturated carbocycles. The average molecular weight is 349 g/mol. The van der Waals surface area contributed by atoms with Crippen molar-refractivity contribution in [2.45, 2.75) is 31.8 Å². The van der Waals surface area contributed by atoms with E-state index in [2.05, 4.69) is 5.32 Å². The van der Waals surface area contributed by atoms with Crippen molar-refractivity contribution < 1.29 is 19.1 Å². The van der Waals surface area contributed by atoms with Crippen molar-refractivity contribution in [3.8, 4) is 0 Å². The number of thiophene rings is 1. The van der Waals surface area contributed by atoms with Crippen molar-refractivity contribution in [2.75, 3.05) is 6.54 Å². The molecule has 2 N–H and O–H groups in total. The van der Waals surface area contributed by atoms with Crippen LogP contribution in [-0.4, -0.2) is 23.3 Å². The minimum atomic E-state index is -1.28. The van der Waals surface area contributed by atoms with Gasteiger partial charge in [0, 0.05) is 12.8 Å². The molecular formula is C18H20FNO3S. The third kappa shape index (κ3) is 5.25. The molecule has 128 valence electrons. The molecule has 0 radical (unpaired) electrons. The number of ketones is 1. The van der Waals surface area contributed by atoms with E-state index < -0.39 is 5.60 Å².